The largest absolute Gasteiger partial charge is 0.289 e. The lowest BCUT2D eigenvalue weighted by molar-refractivity contribution is 0.103. The van der Waals surface area contributed by atoms with Gasteiger partial charge in [-0.15, -0.1) is 0 Å². The van der Waals surface area contributed by atoms with Crippen LogP contribution in [0.4, 0.5) is 0 Å². The zero-order valence-corrected chi connectivity index (χ0v) is 19.5. The standard InChI is InChI=1S/C26H24ClNO3S/c1-3-23-24(17-25(29)19-7-5-4-6-8-19)28(26(23)20-11-13-21(27)14-12-20)32(30,31)22-15-9-18(2)10-16-22/h4-17,23,26H,3H2,1-2H3/b24-17+/t23-,26+/m0/s1. The van der Waals surface area contributed by atoms with Crippen LogP contribution in [0.2, 0.25) is 5.02 Å². The quantitative estimate of drug-likeness (QED) is 0.322. The van der Waals surface area contributed by atoms with Gasteiger partial charge in [-0.25, -0.2) is 8.42 Å². The van der Waals surface area contributed by atoms with Gasteiger partial charge in [-0.3, -0.25) is 9.10 Å². The van der Waals surface area contributed by atoms with Gasteiger partial charge in [-0.1, -0.05) is 78.7 Å². The van der Waals surface area contributed by atoms with E-state index < -0.39 is 16.1 Å². The molecule has 6 heteroatoms. The third kappa shape index (κ3) is 4.10. The Morgan fingerprint density at radius 1 is 0.969 bits per heavy atom. The second-order valence-corrected chi connectivity index (χ2v) is 10.2. The van der Waals surface area contributed by atoms with Crippen molar-refractivity contribution >= 4 is 27.4 Å². The van der Waals surface area contributed by atoms with E-state index >= 15 is 0 Å². The molecule has 0 radical (unpaired) electrons. The Bertz CT molecular complexity index is 1250. The van der Waals surface area contributed by atoms with E-state index in [1.165, 1.54) is 10.4 Å². The molecule has 3 aromatic carbocycles. The van der Waals surface area contributed by atoms with Gasteiger partial charge in [0.05, 0.1) is 10.9 Å². The Hall–Kier alpha value is -2.89. The lowest BCUT2D eigenvalue weighted by Crippen LogP contribution is -2.50. The zero-order chi connectivity index (χ0) is 22.9. The molecule has 0 N–H and O–H groups in total. The Balaban J connectivity index is 1.82. The van der Waals surface area contributed by atoms with Gasteiger partial charge in [0.25, 0.3) is 10.0 Å². The average molecular weight is 466 g/mol. The summed E-state index contributed by atoms with van der Waals surface area (Å²) in [5.41, 5.74) is 2.86. The molecule has 0 bridgehead atoms. The molecule has 1 heterocycles. The molecule has 4 nitrogen and oxygen atoms in total. The molecule has 0 aliphatic carbocycles. The van der Waals surface area contributed by atoms with Gasteiger partial charge >= 0.3 is 0 Å². The predicted molar refractivity (Wildman–Crippen MR) is 127 cm³/mol. The molecule has 1 saturated heterocycles. The van der Waals surface area contributed by atoms with Crippen LogP contribution in [0.1, 0.15) is 40.9 Å². The number of carbonyl (C=O) groups is 1. The number of aryl methyl sites for hydroxylation is 1. The minimum Gasteiger partial charge on any atom is -0.289 e. The van der Waals surface area contributed by atoms with Gasteiger partial charge < -0.3 is 0 Å². The number of rotatable bonds is 6. The van der Waals surface area contributed by atoms with Gasteiger partial charge in [0, 0.05) is 28.3 Å². The summed E-state index contributed by atoms with van der Waals surface area (Å²) in [5.74, 6) is -0.318. The van der Waals surface area contributed by atoms with Gasteiger partial charge in [0.15, 0.2) is 5.78 Å². The summed E-state index contributed by atoms with van der Waals surface area (Å²) >= 11 is 6.06. The van der Waals surface area contributed by atoms with Crippen LogP contribution >= 0.6 is 11.6 Å². The van der Waals surface area contributed by atoms with Gasteiger partial charge in [-0.05, 0) is 43.2 Å². The maximum atomic E-state index is 13.7. The number of benzene rings is 3. The molecule has 2 atom stereocenters. The van der Waals surface area contributed by atoms with E-state index in [-0.39, 0.29) is 16.6 Å². The molecule has 0 spiro atoms. The highest BCUT2D eigenvalue weighted by Crippen LogP contribution is 2.52. The van der Waals surface area contributed by atoms with Gasteiger partial charge in [-0.2, -0.15) is 0 Å². The number of ketones is 1. The van der Waals surface area contributed by atoms with Crippen LogP contribution in [0.15, 0.2) is 95.5 Å². The Morgan fingerprint density at radius 3 is 2.19 bits per heavy atom. The summed E-state index contributed by atoms with van der Waals surface area (Å²) in [6.45, 7) is 3.91. The monoisotopic (exact) mass is 465 g/mol. The van der Waals surface area contributed by atoms with Crippen LogP contribution in [-0.2, 0) is 10.0 Å². The van der Waals surface area contributed by atoms with Crippen molar-refractivity contribution in [2.45, 2.75) is 31.2 Å². The minimum atomic E-state index is -3.87. The lowest BCUT2D eigenvalue weighted by atomic mass is 9.80. The van der Waals surface area contributed by atoms with E-state index in [1.54, 1.807) is 60.7 Å². The first-order valence-corrected chi connectivity index (χ1v) is 12.3. The van der Waals surface area contributed by atoms with Crippen molar-refractivity contribution in [3.05, 3.63) is 112 Å². The average Bonchev–Trinajstić information content (AvgIpc) is 2.78. The molecule has 1 aliphatic rings. The second-order valence-electron chi connectivity index (χ2n) is 7.92. The van der Waals surface area contributed by atoms with E-state index in [4.69, 9.17) is 11.6 Å². The van der Waals surface area contributed by atoms with Crippen molar-refractivity contribution in [3.8, 4) is 0 Å². The molecule has 1 fully saturated rings. The van der Waals surface area contributed by atoms with E-state index in [0.717, 1.165) is 11.1 Å². The summed E-state index contributed by atoms with van der Waals surface area (Å²) in [4.78, 5) is 13.1. The highest BCUT2D eigenvalue weighted by Gasteiger charge is 2.50. The van der Waals surface area contributed by atoms with E-state index in [0.29, 0.717) is 22.7 Å². The van der Waals surface area contributed by atoms with Crippen molar-refractivity contribution in [3.63, 3.8) is 0 Å². The number of sulfonamides is 1. The van der Waals surface area contributed by atoms with Crippen LogP contribution in [0.25, 0.3) is 0 Å². The van der Waals surface area contributed by atoms with Crippen LogP contribution in [0.5, 0.6) is 0 Å². The molecule has 32 heavy (non-hydrogen) atoms. The van der Waals surface area contributed by atoms with Gasteiger partial charge in [0.1, 0.15) is 0 Å². The summed E-state index contributed by atoms with van der Waals surface area (Å²) in [5, 5.41) is 0.587. The molecule has 0 unspecified atom stereocenters. The molecular formula is C26H24ClNO3S. The summed E-state index contributed by atoms with van der Waals surface area (Å²) in [6, 6.07) is 22.5. The first kappa shape index (κ1) is 22.3. The van der Waals surface area contributed by atoms with Crippen molar-refractivity contribution in [1.82, 2.24) is 4.31 Å². The Labute approximate surface area is 194 Å². The molecular weight excluding hydrogens is 442 g/mol. The number of carbonyl (C=O) groups excluding carboxylic acids is 1. The fourth-order valence-electron chi connectivity index (χ4n) is 4.13. The molecule has 1 aliphatic heterocycles. The number of halogens is 1. The Kier molecular flexibility index (Phi) is 6.22. The summed E-state index contributed by atoms with van der Waals surface area (Å²) in [6.07, 6.45) is 2.17. The smallest absolute Gasteiger partial charge is 0.264 e. The summed E-state index contributed by atoms with van der Waals surface area (Å²) < 4.78 is 28.8. The Morgan fingerprint density at radius 2 is 1.59 bits per heavy atom. The molecule has 4 rings (SSSR count). The van der Waals surface area contributed by atoms with Crippen LogP contribution < -0.4 is 0 Å². The first-order chi connectivity index (χ1) is 15.3. The van der Waals surface area contributed by atoms with E-state index in [2.05, 4.69) is 0 Å². The fraction of sp³-hybridized carbons (Fsp3) is 0.192. The van der Waals surface area contributed by atoms with E-state index in [9.17, 15) is 13.2 Å². The number of hydrogen-bond donors (Lipinski definition) is 0. The zero-order valence-electron chi connectivity index (χ0n) is 17.9. The van der Waals surface area contributed by atoms with Crippen LogP contribution in [0, 0.1) is 12.8 Å². The molecule has 0 saturated carbocycles. The highest BCUT2D eigenvalue weighted by molar-refractivity contribution is 7.89. The molecule has 3 aromatic rings. The minimum absolute atomic E-state index is 0.107. The highest BCUT2D eigenvalue weighted by atomic mass is 35.5. The van der Waals surface area contributed by atoms with Crippen molar-refractivity contribution < 1.29 is 13.2 Å². The predicted octanol–water partition coefficient (Wildman–Crippen LogP) is 6.19. The number of allylic oxidation sites excluding steroid dienone is 1. The summed E-state index contributed by atoms with van der Waals surface area (Å²) in [7, 11) is -3.87. The van der Waals surface area contributed by atoms with Crippen molar-refractivity contribution in [1.29, 1.82) is 0 Å². The second kappa shape index (κ2) is 8.93. The van der Waals surface area contributed by atoms with Crippen molar-refractivity contribution in [2.24, 2.45) is 5.92 Å². The van der Waals surface area contributed by atoms with E-state index in [1.807, 2.05) is 32.0 Å². The topological polar surface area (TPSA) is 54.5 Å². The third-order valence-corrected chi connectivity index (χ3v) is 7.91. The lowest BCUT2D eigenvalue weighted by Gasteiger charge is -2.50. The maximum Gasteiger partial charge on any atom is 0.264 e. The maximum absolute atomic E-state index is 13.7. The van der Waals surface area contributed by atoms with Crippen LogP contribution in [0.3, 0.4) is 0 Å². The fourth-order valence-corrected chi connectivity index (χ4v) is 6.00. The number of nitrogens with zero attached hydrogens (tertiary/aromatic N) is 1. The molecule has 0 aromatic heterocycles. The molecule has 164 valence electrons. The SMILES string of the molecule is CC[C@H]1/C(=C\C(=O)c2ccccc2)N(S(=O)(=O)c2ccc(C)cc2)[C@@H]1c1ccc(Cl)cc1. The van der Waals surface area contributed by atoms with Gasteiger partial charge in [0.2, 0.25) is 0 Å². The normalized spacial score (nSPS) is 19.6. The third-order valence-electron chi connectivity index (χ3n) is 5.83. The first-order valence-electron chi connectivity index (χ1n) is 10.5. The van der Waals surface area contributed by atoms with Crippen molar-refractivity contribution in [2.75, 3.05) is 0 Å². The van der Waals surface area contributed by atoms with Crippen LogP contribution in [-0.4, -0.2) is 18.5 Å². The number of hydrogen-bond acceptors (Lipinski definition) is 3. The molecule has 0 amide bonds.